The average Bonchev–Trinajstić information content (AvgIpc) is 3.00. The average molecular weight is 265 g/mol. The standard InChI is InChI=1S/C15H23NO3/c17-14(18)9-12-3-1-2-6-16(12)15(19)13-8-10-4-5-11(13)7-10/h10-13H,1-9H2,(H,17,18). The topological polar surface area (TPSA) is 57.6 Å². The van der Waals surface area contributed by atoms with E-state index in [0.717, 1.165) is 38.1 Å². The van der Waals surface area contributed by atoms with Gasteiger partial charge < -0.3 is 10.0 Å². The second-order valence-electron chi connectivity index (χ2n) is 6.56. The Labute approximate surface area is 114 Å². The van der Waals surface area contributed by atoms with Crippen molar-refractivity contribution in [3.05, 3.63) is 0 Å². The summed E-state index contributed by atoms with van der Waals surface area (Å²) in [4.78, 5) is 25.6. The summed E-state index contributed by atoms with van der Waals surface area (Å²) < 4.78 is 0. The minimum atomic E-state index is -0.780. The van der Waals surface area contributed by atoms with Crippen LogP contribution in [0.25, 0.3) is 0 Å². The quantitative estimate of drug-likeness (QED) is 0.851. The number of likely N-dealkylation sites (tertiary alicyclic amines) is 1. The molecular weight excluding hydrogens is 242 g/mol. The van der Waals surface area contributed by atoms with Crippen LogP contribution in [0, 0.1) is 17.8 Å². The van der Waals surface area contributed by atoms with Gasteiger partial charge in [0.15, 0.2) is 0 Å². The van der Waals surface area contributed by atoms with Crippen LogP contribution in [-0.4, -0.2) is 34.5 Å². The number of piperidine rings is 1. The van der Waals surface area contributed by atoms with E-state index in [0.29, 0.717) is 5.92 Å². The van der Waals surface area contributed by atoms with Gasteiger partial charge in [0.1, 0.15) is 0 Å². The van der Waals surface area contributed by atoms with E-state index in [1.807, 2.05) is 4.90 Å². The molecule has 4 nitrogen and oxygen atoms in total. The van der Waals surface area contributed by atoms with Crippen LogP contribution in [-0.2, 0) is 9.59 Å². The normalized spacial score (nSPS) is 37.6. The molecule has 0 aromatic heterocycles. The van der Waals surface area contributed by atoms with Gasteiger partial charge in [-0.1, -0.05) is 6.42 Å². The summed E-state index contributed by atoms with van der Waals surface area (Å²) >= 11 is 0. The highest BCUT2D eigenvalue weighted by Crippen LogP contribution is 2.49. The predicted molar refractivity (Wildman–Crippen MR) is 70.5 cm³/mol. The van der Waals surface area contributed by atoms with Crippen LogP contribution < -0.4 is 0 Å². The van der Waals surface area contributed by atoms with Crippen LogP contribution in [0.15, 0.2) is 0 Å². The first-order valence-corrected chi connectivity index (χ1v) is 7.67. The van der Waals surface area contributed by atoms with Crippen molar-refractivity contribution < 1.29 is 14.7 Å². The number of carboxylic acids is 1. The first kappa shape index (κ1) is 12.9. The fraction of sp³-hybridized carbons (Fsp3) is 0.867. The lowest BCUT2D eigenvalue weighted by Crippen LogP contribution is -2.48. The lowest BCUT2D eigenvalue weighted by atomic mass is 9.86. The van der Waals surface area contributed by atoms with Crippen molar-refractivity contribution in [3.8, 4) is 0 Å². The molecule has 1 heterocycles. The minimum absolute atomic E-state index is 0.0575. The summed E-state index contributed by atoms with van der Waals surface area (Å²) in [6, 6.07) is -0.0575. The Morgan fingerprint density at radius 1 is 1.11 bits per heavy atom. The monoisotopic (exact) mass is 265 g/mol. The number of hydrogen-bond donors (Lipinski definition) is 1. The van der Waals surface area contributed by atoms with Gasteiger partial charge in [0.25, 0.3) is 0 Å². The maximum Gasteiger partial charge on any atom is 0.305 e. The van der Waals surface area contributed by atoms with Crippen molar-refractivity contribution in [1.29, 1.82) is 0 Å². The summed E-state index contributed by atoms with van der Waals surface area (Å²) in [5.41, 5.74) is 0. The third-order valence-electron chi connectivity index (χ3n) is 5.38. The van der Waals surface area contributed by atoms with E-state index >= 15 is 0 Å². The van der Waals surface area contributed by atoms with Gasteiger partial charge in [-0.3, -0.25) is 9.59 Å². The van der Waals surface area contributed by atoms with Gasteiger partial charge in [0, 0.05) is 18.5 Å². The molecule has 0 aromatic carbocycles. The molecule has 3 rings (SSSR count). The minimum Gasteiger partial charge on any atom is -0.481 e. The van der Waals surface area contributed by atoms with Crippen molar-refractivity contribution in [2.45, 2.75) is 57.4 Å². The van der Waals surface area contributed by atoms with Crippen LogP contribution in [0.1, 0.15) is 51.4 Å². The molecule has 0 spiro atoms. The zero-order valence-corrected chi connectivity index (χ0v) is 11.4. The highest BCUT2D eigenvalue weighted by molar-refractivity contribution is 5.81. The molecule has 106 valence electrons. The smallest absolute Gasteiger partial charge is 0.305 e. The van der Waals surface area contributed by atoms with Gasteiger partial charge >= 0.3 is 5.97 Å². The number of rotatable bonds is 3. The van der Waals surface area contributed by atoms with Crippen LogP contribution in [0.5, 0.6) is 0 Å². The number of amides is 1. The van der Waals surface area contributed by atoms with E-state index in [1.54, 1.807) is 0 Å². The second kappa shape index (κ2) is 5.14. The van der Waals surface area contributed by atoms with Gasteiger partial charge in [0.2, 0.25) is 5.91 Å². The van der Waals surface area contributed by atoms with Crippen molar-refractivity contribution in [2.75, 3.05) is 6.54 Å². The molecule has 4 unspecified atom stereocenters. The first-order valence-electron chi connectivity index (χ1n) is 7.67. The van der Waals surface area contributed by atoms with Gasteiger partial charge in [-0.05, 0) is 50.4 Å². The molecule has 19 heavy (non-hydrogen) atoms. The van der Waals surface area contributed by atoms with E-state index in [-0.39, 0.29) is 24.3 Å². The highest BCUT2D eigenvalue weighted by atomic mass is 16.4. The SMILES string of the molecule is O=C(O)CC1CCCCN1C(=O)C1CC2CCC1C2. The number of fused-ring (bicyclic) bond motifs is 2. The molecule has 3 fully saturated rings. The molecule has 1 N–H and O–H groups in total. The number of carbonyl (C=O) groups excluding carboxylic acids is 1. The van der Waals surface area contributed by atoms with Crippen LogP contribution in [0.3, 0.4) is 0 Å². The summed E-state index contributed by atoms with van der Waals surface area (Å²) in [7, 11) is 0. The van der Waals surface area contributed by atoms with Crippen molar-refractivity contribution in [3.63, 3.8) is 0 Å². The van der Waals surface area contributed by atoms with E-state index in [2.05, 4.69) is 0 Å². The number of hydrogen-bond acceptors (Lipinski definition) is 2. The van der Waals surface area contributed by atoms with Gasteiger partial charge in [0.05, 0.1) is 6.42 Å². The third kappa shape index (κ3) is 2.49. The molecule has 0 aromatic rings. The summed E-state index contributed by atoms with van der Waals surface area (Å²) in [5.74, 6) is 1.04. The van der Waals surface area contributed by atoms with E-state index in [4.69, 9.17) is 5.11 Å². The molecule has 2 bridgehead atoms. The zero-order valence-electron chi connectivity index (χ0n) is 11.4. The molecule has 2 saturated carbocycles. The number of nitrogens with zero attached hydrogens (tertiary/aromatic N) is 1. The lowest BCUT2D eigenvalue weighted by Gasteiger charge is -2.38. The van der Waals surface area contributed by atoms with Gasteiger partial charge in [-0.15, -0.1) is 0 Å². The van der Waals surface area contributed by atoms with Crippen LogP contribution in [0.2, 0.25) is 0 Å². The van der Waals surface area contributed by atoms with Crippen molar-refractivity contribution in [1.82, 2.24) is 4.90 Å². The Morgan fingerprint density at radius 2 is 1.95 bits per heavy atom. The van der Waals surface area contributed by atoms with E-state index in [1.165, 1.54) is 19.3 Å². The molecule has 1 amide bonds. The van der Waals surface area contributed by atoms with Crippen molar-refractivity contribution in [2.24, 2.45) is 17.8 Å². The van der Waals surface area contributed by atoms with E-state index < -0.39 is 5.97 Å². The summed E-state index contributed by atoms with van der Waals surface area (Å²) in [5, 5.41) is 9.00. The Morgan fingerprint density at radius 3 is 2.58 bits per heavy atom. The molecule has 1 saturated heterocycles. The largest absolute Gasteiger partial charge is 0.481 e. The third-order valence-corrected chi connectivity index (χ3v) is 5.38. The van der Waals surface area contributed by atoms with Crippen LogP contribution >= 0.6 is 0 Å². The highest BCUT2D eigenvalue weighted by Gasteiger charge is 2.45. The summed E-state index contributed by atoms with van der Waals surface area (Å²) in [6.07, 6.45) is 7.85. The molecule has 3 aliphatic rings. The maximum absolute atomic E-state index is 12.7. The van der Waals surface area contributed by atoms with Gasteiger partial charge in [-0.2, -0.15) is 0 Å². The zero-order chi connectivity index (χ0) is 13.4. The molecule has 1 aliphatic heterocycles. The number of aliphatic carboxylic acids is 1. The molecular formula is C15H23NO3. The first-order chi connectivity index (χ1) is 9.15. The number of carboxylic acid groups (broad SMARTS) is 1. The Hall–Kier alpha value is -1.06. The fourth-order valence-electron chi connectivity index (χ4n) is 4.46. The second-order valence-corrected chi connectivity index (χ2v) is 6.56. The lowest BCUT2D eigenvalue weighted by molar-refractivity contribution is -0.145. The molecule has 2 aliphatic carbocycles. The van der Waals surface area contributed by atoms with Crippen molar-refractivity contribution >= 4 is 11.9 Å². The summed E-state index contributed by atoms with van der Waals surface area (Å²) in [6.45, 7) is 0.769. The Balaban J connectivity index is 1.68. The van der Waals surface area contributed by atoms with Gasteiger partial charge in [-0.25, -0.2) is 0 Å². The molecule has 4 heteroatoms. The Bertz CT molecular complexity index is 382. The fourth-order valence-corrected chi connectivity index (χ4v) is 4.46. The maximum atomic E-state index is 12.7. The molecule has 4 atom stereocenters. The molecule has 0 radical (unpaired) electrons. The predicted octanol–water partition coefficient (Wildman–Crippen LogP) is 2.28. The Kier molecular flexibility index (Phi) is 3.50. The number of carbonyl (C=O) groups is 2. The van der Waals surface area contributed by atoms with E-state index in [9.17, 15) is 9.59 Å². The van der Waals surface area contributed by atoms with Crippen LogP contribution in [0.4, 0.5) is 0 Å².